The zero-order valence-corrected chi connectivity index (χ0v) is 16.4. The van der Waals surface area contributed by atoms with Crippen LogP contribution in [0.3, 0.4) is 0 Å². The predicted molar refractivity (Wildman–Crippen MR) is 102 cm³/mol. The molecular weight excluding hydrogens is 421 g/mol. The summed E-state index contributed by atoms with van der Waals surface area (Å²) in [5, 5.41) is 10.3. The van der Waals surface area contributed by atoms with Crippen molar-refractivity contribution in [2.24, 2.45) is 5.73 Å². The summed E-state index contributed by atoms with van der Waals surface area (Å²) in [5.74, 6) is -2.78. The number of carbonyl (C=O) groups excluding carboxylic acids is 1. The molecule has 3 N–H and O–H groups in total. The average Bonchev–Trinajstić information content (AvgIpc) is 2.69. The van der Waals surface area contributed by atoms with Gasteiger partial charge in [0, 0.05) is 25.6 Å². The molecule has 3 rings (SSSR count). The number of benzene rings is 1. The molecule has 31 heavy (non-hydrogen) atoms. The minimum atomic E-state index is -4.85. The van der Waals surface area contributed by atoms with Crippen LogP contribution in [0.15, 0.2) is 39.5 Å². The first kappa shape index (κ1) is 22.6. The van der Waals surface area contributed by atoms with Gasteiger partial charge >= 0.3 is 6.36 Å². The summed E-state index contributed by atoms with van der Waals surface area (Å²) in [6.07, 6.45) is -5.19. The van der Waals surface area contributed by atoms with Gasteiger partial charge in [-0.3, -0.25) is 14.5 Å². The maximum absolute atomic E-state index is 12.4. The highest BCUT2D eigenvalue weighted by molar-refractivity contribution is 5.75. The van der Waals surface area contributed by atoms with E-state index < -0.39 is 35.1 Å². The van der Waals surface area contributed by atoms with E-state index in [0.717, 1.165) is 18.2 Å². The van der Waals surface area contributed by atoms with Gasteiger partial charge in [0.25, 0.3) is 0 Å². The smallest absolute Gasteiger partial charge is 0.502 e. The number of morpholine rings is 1. The Hall–Kier alpha value is -3.05. The van der Waals surface area contributed by atoms with Crippen molar-refractivity contribution in [3.8, 4) is 11.5 Å². The third kappa shape index (κ3) is 6.22. The monoisotopic (exact) mass is 442 g/mol. The van der Waals surface area contributed by atoms with Crippen LogP contribution in [0.1, 0.15) is 29.4 Å². The Labute approximate surface area is 175 Å². The first-order valence-electron chi connectivity index (χ1n) is 9.42. The van der Waals surface area contributed by atoms with Gasteiger partial charge in [0.1, 0.15) is 11.5 Å². The van der Waals surface area contributed by atoms with Crippen LogP contribution in [0, 0.1) is 0 Å². The van der Waals surface area contributed by atoms with E-state index in [-0.39, 0.29) is 24.5 Å². The van der Waals surface area contributed by atoms with Crippen molar-refractivity contribution in [2.75, 3.05) is 26.3 Å². The molecule has 2 aromatic rings. The van der Waals surface area contributed by atoms with E-state index in [1.54, 1.807) is 0 Å². The summed E-state index contributed by atoms with van der Waals surface area (Å²) in [4.78, 5) is 25.9. The van der Waals surface area contributed by atoms with Crippen molar-refractivity contribution < 1.29 is 37.0 Å². The summed E-state index contributed by atoms with van der Waals surface area (Å²) in [6.45, 7) is 2.61. The molecule has 0 aliphatic carbocycles. The van der Waals surface area contributed by atoms with Crippen molar-refractivity contribution in [3.05, 3.63) is 57.6 Å². The van der Waals surface area contributed by atoms with Crippen LogP contribution in [0.2, 0.25) is 0 Å². The molecule has 8 nitrogen and oxygen atoms in total. The minimum Gasteiger partial charge on any atom is -0.502 e. The molecular formula is C20H21F3N2O6. The van der Waals surface area contributed by atoms with Crippen LogP contribution in [0.4, 0.5) is 13.2 Å². The lowest BCUT2D eigenvalue weighted by Gasteiger charge is -2.26. The Morgan fingerprint density at radius 1 is 1.23 bits per heavy atom. The molecule has 1 aromatic carbocycles. The van der Waals surface area contributed by atoms with Crippen molar-refractivity contribution in [2.45, 2.75) is 25.2 Å². The molecule has 1 amide bonds. The average molecular weight is 442 g/mol. The highest BCUT2D eigenvalue weighted by atomic mass is 19.4. The molecule has 0 radical (unpaired) electrons. The van der Waals surface area contributed by atoms with Gasteiger partial charge in [-0.05, 0) is 17.7 Å². The van der Waals surface area contributed by atoms with Crippen LogP contribution in [0.25, 0.3) is 0 Å². The number of halogens is 3. The second kappa shape index (κ2) is 9.40. The van der Waals surface area contributed by atoms with E-state index in [2.05, 4.69) is 4.74 Å². The van der Waals surface area contributed by atoms with E-state index in [1.165, 1.54) is 12.1 Å². The number of hydrogen-bond donors (Lipinski definition) is 2. The van der Waals surface area contributed by atoms with E-state index in [1.807, 2.05) is 4.90 Å². The Morgan fingerprint density at radius 3 is 2.45 bits per heavy atom. The Balaban J connectivity index is 1.94. The maximum Gasteiger partial charge on any atom is 0.573 e. The number of amides is 1. The standard InChI is InChI=1S/C20H21F3N2O6/c21-20(22,23)31-13-3-1-12(2-4-13)15(10-17(24)27)19-18(28)16(26)9-14(30-19)11-25-5-7-29-8-6-25/h1-4,9,15,28H,5-8,10-11H2,(H2,24,27)/t15-/m0/s1. The van der Waals surface area contributed by atoms with E-state index in [0.29, 0.717) is 31.9 Å². The second-order valence-corrected chi connectivity index (χ2v) is 7.02. The van der Waals surface area contributed by atoms with Gasteiger partial charge in [-0.15, -0.1) is 13.2 Å². The number of primary amides is 1. The van der Waals surface area contributed by atoms with Gasteiger partial charge in [0.15, 0.2) is 5.76 Å². The normalized spacial score (nSPS) is 16.1. The van der Waals surface area contributed by atoms with Gasteiger partial charge in [-0.1, -0.05) is 12.1 Å². The summed E-state index contributed by atoms with van der Waals surface area (Å²) >= 11 is 0. The molecule has 0 spiro atoms. The largest absolute Gasteiger partial charge is 0.573 e. The van der Waals surface area contributed by atoms with E-state index in [4.69, 9.17) is 14.9 Å². The van der Waals surface area contributed by atoms with Crippen LogP contribution in [-0.2, 0) is 16.1 Å². The molecule has 11 heteroatoms. The van der Waals surface area contributed by atoms with Crippen LogP contribution in [-0.4, -0.2) is 48.6 Å². The van der Waals surface area contributed by atoms with Crippen LogP contribution >= 0.6 is 0 Å². The fourth-order valence-electron chi connectivity index (χ4n) is 3.31. The second-order valence-electron chi connectivity index (χ2n) is 7.02. The molecule has 0 saturated carbocycles. The molecule has 1 atom stereocenters. The molecule has 1 saturated heterocycles. The quantitative estimate of drug-likeness (QED) is 0.675. The van der Waals surface area contributed by atoms with Crippen molar-refractivity contribution in [3.63, 3.8) is 0 Å². The van der Waals surface area contributed by atoms with Gasteiger partial charge < -0.3 is 24.7 Å². The summed E-state index contributed by atoms with van der Waals surface area (Å²) in [7, 11) is 0. The fraction of sp³-hybridized carbons (Fsp3) is 0.400. The third-order valence-electron chi connectivity index (χ3n) is 4.72. The van der Waals surface area contributed by atoms with Crippen LogP contribution < -0.4 is 15.9 Å². The molecule has 1 fully saturated rings. The lowest BCUT2D eigenvalue weighted by molar-refractivity contribution is -0.274. The van der Waals surface area contributed by atoms with Crippen LogP contribution in [0.5, 0.6) is 11.5 Å². The van der Waals surface area contributed by atoms with Crippen molar-refractivity contribution in [1.82, 2.24) is 4.90 Å². The Morgan fingerprint density at radius 2 is 1.87 bits per heavy atom. The highest BCUT2D eigenvalue weighted by Crippen LogP contribution is 2.34. The molecule has 168 valence electrons. The minimum absolute atomic E-state index is 0.181. The zero-order valence-electron chi connectivity index (χ0n) is 16.4. The van der Waals surface area contributed by atoms with Crippen molar-refractivity contribution >= 4 is 5.91 Å². The van der Waals surface area contributed by atoms with E-state index in [9.17, 15) is 27.9 Å². The number of carbonyl (C=O) groups is 1. The number of ether oxygens (including phenoxy) is 2. The fourth-order valence-corrected chi connectivity index (χ4v) is 3.31. The lowest BCUT2D eigenvalue weighted by Crippen LogP contribution is -2.35. The lowest BCUT2D eigenvalue weighted by atomic mass is 9.92. The molecule has 1 aliphatic rings. The number of hydrogen-bond acceptors (Lipinski definition) is 7. The zero-order chi connectivity index (χ0) is 22.6. The first-order valence-corrected chi connectivity index (χ1v) is 9.42. The van der Waals surface area contributed by atoms with E-state index >= 15 is 0 Å². The van der Waals surface area contributed by atoms with Gasteiger partial charge in [-0.25, -0.2) is 0 Å². The third-order valence-corrected chi connectivity index (χ3v) is 4.72. The Bertz CT molecular complexity index is 968. The number of nitrogens with zero attached hydrogens (tertiary/aromatic N) is 1. The topological polar surface area (TPSA) is 115 Å². The first-order chi connectivity index (χ1) is 14.6. The highest BCUT2D eigenvalue weighted by Gasteiger charge is 2.31. The molecule has 1 aliphatic heterocycles. The SMILES string of the molecule is NC(=O)C[C@@H](c1ccc(OC(F)(F)F)cc1)c1oc(CN2CCOCC2)cc(=O)c1O. The van der Waals surface area contributed by atoms with Gasteiger partial charge in [0.05, 0.1) is 25.7 Å². The molecule has 1 aromatic heterocycles. The number of nitrogens with two attached hydrogens (primary N) is 1. The summed E-state index contributed by atoms with van der Waals surface area (Å²) in [5.41, 5.74) is 4.94. The molecule has 2 heterocycles. The maximum atomic E-state index is 12.4. The summed E-state index contributed by atoms with van der Waals surface area (Å²) < 4.78 is 52.1. The predicted octanol–water partition coefficient (Wildman–Crippen LogP) is 2.08. The van der Waals surface area contributed by atoms with Gasteiger partial charge in [-0.2, -0.15) is 0 Å². The summed E-state index contributed by atoms with van der Waals surface area (Å²) in [6, 6.07) is 5.84. The van der Waals surface area contributed by atoms with Crippen molar-refractivity contribution in [1.29, 1.82) is 0 Å². The molecule has 0 unspecified atom stereocenters. The molecule has 0 bridgehead atoms. The number of rotatable bonds is 7. The number of alkyl halides is 3. The number of aromatic hydroxyl groups is 1. The van der Waals surface area contributed by atoms with Gasteiger partial charge in [0.2, 0.25) is 17.1 Å². The Kier molecular flexibility index (Phi) is 6.86.